The van der Waals surface area contributed by atoms with Crippen molar-refractivity contribution in [2.75, 3.05) is 18.1 Å². The number of carbonyl (C=O) groups excluding carboxylic acids is 1. The molecule has 1 heterocycles. The second-order valence-electron chi connectivity index (χ2n) is 4.74. The fourth-order valence-electron chi connectivity index (χ4n) is 2.55. The third-order valence-electron chi connectivity index (χ3n) is 3.49. The van der Waals surface area contributed by atoms with Crippen molar-refractivity contribution >= 4 is 11.5 Å². The molecule has 0 aromatic heterocycles. The Labute approximate surface area is 106 Å². The molecule has 1 saturated heterocycles. The van der Waals surface area contributed by atoms with E-state index in [1.807, 2.05) is 4.90 Å². The Morgan fingerprint density at radius 3 is 2.94 bits per heavy atom. The van der Waals surface area contributed by atoms with Crippen molar-refractivity contribution in [3.05, 3.63) is 29.6 Å². The average molecular weight is 251 g/mol. The molecule has 1 fully saturated rings. The number of nitrogens with zero attached hydrogens (tertiary/aromatic N) is 1. The maximum atomic E-state index is 13.2. The summed E-state index contributed by atoms with van der Waals surface area (Å²) in [6.45, 7) is 2.31. The van der Waals surface area contributed by atoms with Crippen LogP contribution in [0.4, 0.5) is 10.1 Å². The van der Waals surface area contributed by atoms with Crippen LogP contribution in [-0.4, -0.2) is 30.1 Å². The van der Waals surface area contributed by atoms with E-state index in [1.54, 1.807) is 6.07 Å². The highest BCUT2D eigenvalue weighted by Gasteiger charge is 2.24. The highest BCUT2D eigenvalue weighted by molar-refractivity contribution is 5.99. The fraction of sp³-hybridized carbons (Fsp3) is 0.500. The standard InChI is InChI=1S/C14H18FNO2/c1-10(18)13-8-11(15)5-6-14(13)16-7-3-2-4-12(16)9-17/h5-6,8,12,17H,2-4,7,9H2,1H3. The van der Waals surface area contributed by atoms with Crippen molar-refractivity contribution in [3.8, 4) is 0 Å². The first kappa shape index (κ1) is 13.0. The van der Waals surface area contributed by atoms with Crippen LogP contribution in [0.1, 0.15) is 36.5 Å². The maximum Gasteiger partial charge on any atom is 0.161 e. The minimum absolute atomic E-state index is 0.0299. The summed E-state index contributed by atoms with van der Waals surface area (Å²) in [5.74, 6) is -0.548. The summed E-state index contributed by atoms with van der Waals surface area (Å²) in [5, 5.41) is 9.41. The molecular weight excluding hydrogens is 233 g/mol. The van der Waals surface area contributed by atoms with Gasteiger partial charge in [0.2, 0.25) is 0 Å². The summed E-state index contributed by atoms with van der Waals surface area (Å²) in [7, 11) is 0. The number of halogens is 1. The molecule has 0 bridgehead atoms. The van der Waals surface area contributed by atoms with E-state index in [9.17, 15) is 14.3 Å². The molecule has 2 rings (SSSR count). The number of ketones is 1. The molecule has 1 aliphatic rings. The zero-order valence-electron chi connectivity index (χ0n) is 10.5. The second kappa shape index (κ2) is 5.48. The molecule has 0 amide bonds. The molecule has 0 aliphatic carbocycles. The molecule has 1 N–H and O–H groups in total. The molecule has 98 valence electrons. The van der Waals surface area contributed by atoms with Gasteiger partial charge in [-0.15, -0.1) is 0 Å². The van der Waals surface area contributed by atoms with Crippen molar-refractivity contribution in [2.24, 2.45) is 0 Å². The number of benzene rings is 1. The van der Waals surface area contributed by atoms with Crippen molar-refractivity contribution < 1.29 is 14.3 Å². The molecule has 0 saturated carbocycles. The lowest BCUT2D eigenvalue weighted by atomic mass is 9.99. The van der Waals surface area contributed by atoms with E-state index in [4.69, 9.17) is 0 Å². The normalized spacial score (nSPS) is 19.9. The predicted octanol–water partition coefficient (Wildman–Crippen LogP) is 2.38. The van der Waals surface area contributed by atoms with E-state index in [1.165, 1.54) is 19.1 Å². The van der Waals surface area contributed by atoms with Crippen LogP contribution in [0.3, 0.4) is 0 Å². The largest absolute Gasteiger partial charge is 0.394 e. The van der Waals surface area contributed by atoms with Crippen LogP contribution in [0.5, 0.6) is 0 Å². The minimum Gasteiger partial charge on any atom is -0.394 e. The Morgan fingerprint density at radius 1 is 1.50 bits per heavy atom. The number of rotatable bonds is 3. The number of Topliss-reactive ketones (excluding diaryl/α,β-unsaturated/α-hetero) is 1. The lowest BCUT2D eigenvalue weighted by Crippen LogP contribution is -2.42. The van der Waals surface area contributed by atoms with Gasteiger partial charge in [-0.1, -0.05) is 0 Å². The summed E-state index contributed by atoms with van der Waals surface area (Å²) < 4.78 is 13.2. The van der Waals surface area contributed by atoms with Crippen LogP contribution in [0.2, 0.25) is 0 Å². The summed E-state index contributed by atoms with van der Waals surface area (Å²) in [4.78, 5) is 13.6. The lowest BCUT2D eigenvalue weighted by Gasteiger charge is -2.37. The molecule has 18 heavy (non-hydrogen) atoms. The monoisotopic (exact) mass is 251 g/mol. The minimum atomic E-state index is -0.401. The third-order valence-corrected chi connectivity index (χ3v) is 3.49. The Bertz CT molecular complexity index is 447. The molecule has 0 radical (unpaired) electrons. The molecule has 0 spiro atoms. The summed E-state index contributed by atoms with van der Waals surface area (Å²) in [6.07, 6.45) is 3.02. The number of aliphatic hydroxyl groups excluding tert-OH is 1. The molecular formula is C14H18FNO2. The molecule has 3 nitrogen and oxygen atoms in total. The topological polar surface area (TPSA) is 40.5 Å². The number of hydrogen-bond acceptors (Lipinski definition) is 3. The van der Waals surface area contributed by atoms with E-state index in [0.717, 1.165) is 31.5 Å². The second-order valence-corrected chi connectivity index (χ2v) is 4.74. The smallest absolute Gasteiger partial charge is 0.161 e. The van der Waals surface area contributed by atoms with Crippen molar-refractivity contribution in [2.45, 2.75) is 32.2 Å². The first-order valence-electron chi connectivity index (χ1n) is 6.31. The molecule has 4 heteroatoms. The van der Waals surface area contributed by atoms with Gasteiger partial charge in [0.15, 0.2) is 5.78 Å². The first-order valence-corrected chi connectivity index (χ1v) is 6.31. The Hall–Kier alpha value is -1.42. The zero-order chi connectivity index (χ0) is 13.1. The number of aliphatic hydroxyl groups is 1. The fourth-order valence-corrected chi connectivity index (χ4v) is 2.55. The SMILES string of the molecule is CC(=O)c1cc(F)ccc1N1CCCCC1CO. The van der Waals surface area contributed by atoms with Gasteiger partial charge in [-0.05, 0) is 44.4 Å². The average Bonchev–Trinajstić information content (AvgIpc) is 2.38. The van der Waals surface area contributed by atoms with E-state index in [2.05, 4.69) is 0 Å². The van der Waals surface area contributed by atoms with E-state index < -0.39 is 5.82 Å². The Kier molecular flexibility index (Phi) is 3.97. The molecule has 1 aliphatic heterocycles. The summed E-state index contributed by atoms with van der Waals surface area (Å²) in [5.41, 5.74) is 1.14. The molecule has 1 atom stereocenters. The van der Waals surface area contributed by atoms with Gasteiger partial charge in [0, 0.05) is 17.8 Å². The lowest BCUT2D eigenvalue weighted by molar-refractivity contribution is 0.101. The van der Waals surface area contributed by atoms with Crippen LogP contribution >= 0.6 is 0 Å². The number of carbonyl (C=O) groups is 1. The maximum absolute atomic E-state index is 13.2. The number of hydrogen-bond donors (Lipinski definition) is 1. The van der Waals surface area contributed by atoms with E-state index in [0.29, 0.717) is 5.56 Å². The molecule has 1 unspecified atom stereocenters. The van der Waals surface area contributed by atoms with E-state index in [-0.39, 0.29) is 18.4 Å². The van der Waals surface area contributed by atoms with Gasteiger partial charge in [-0.25, -0.2) is 4.39 Å². The van der Waals surface area contributed by atoms with Gasteiger partial charge in [-0.3, -0.25) is 4.79 Å². The predicted molar refractivity (Wildman–Crippen MR) is 68.5 cm³/mol. The zero-order valence-corrected chi connectivity index (χ0v) is 10.5. The Balaban J connectivity index is 2.39. The van der Waals surface area contributed by atoms with E-state index >= 15 is 0 Å². The summed E-state index contributed by atoms with van der Waals surface area (Å²) in [6, 6.07) is 4.31. The van der Waals surface area contributed by atoms with Crippen LogP contribution in [0, 0.1) is 5.82 Å². The molecule has 1 aromatic rings. The van der Waals surface area contributed by atoms with Crippen molar-refractivity contribution in [3.63, 3.8) is 0 Å². The number of anilines is 1. The highest BCUT2D eigenvalue weighted by Crippen LogP contribution is 2.28. The van der Waals surface area contributed by atoms with Gasteiger partial charge in [0.25, 0.3) is 0 Å². The van der Waals surface area contributed by atoms with Crippen LogP contribution < -0.4 is 4.90 Å². The first-order chi connectivity index (χ1) is 8.63. The third kappa shape index (κ3) is 2.53. The quantitative estimate of drug-likeness (QED) is 0.838. The van der Waals surface area contributed by atoms with Gasteiger partial charge in [-0.2, -0.15) is 0 Å². The van der Waals surface area contributed by atoms with Crippen LogP contribution in [0.15, 0.2) is 18.2 Å². The molecule has 1 aromatic carbocycles. The summed E-state index contributed by atoms with van der Waals surface area (Å²) >= 11 is 0. The van der Waals surface area contributed by atoms with Crippen molar-refractivity contribution in [1.29, 1.82) is 0 Å². The Morgan fingerprint density at radius 2 is 2.28 bits per heavy atom. The van der Waals surface area contributed by atoms with Gasteiger partial charge < -0.3 is 10.0 Å². The van der Waals surface area contributed by atoms with Gasteiger partial charge >= 0.3 is 0 Å². The van der Waals surface area contributed by atoms with Gasteiger partial charge in [0.1, 0.15) is 5.82 Å². The van der Waals surface area contributed by atoms with Gasteiger partial charge in [0.05, 0.1) is 12.6 Å². The van der Waals surface area contributed by atoms with Crippen molar-refractivity contribution in [1.82, 2.24) is 0 Å². The van der Waals surface area contributed by atoms with Crippen LogP contribution in [-0.2, 0) is 0 Å². The van der Waals surface area contributed by atoms with Crippen LogP contribution in [0.25, 0.3) is 0 Å². The number of piperidine rings is 1. The highest BCUT2D eigenvalue weighted by atomic mass is 19.1.